The van der Waals surface area contributed by atoms with Gasteiger partial charge in [0.15, 0.2) is 10.9 Å². The van der Waals surface area contributed by atoms with E-state index in [1.807, 2.05) is 0 Å². The molecule has 0 amide bonds. The molecule has 0 unspecified atom stereocenters. The minimum atomic E-state index is -0.0600. The van der Waals surface area contributed by atoms with E-state index in [1.54, 1.807) is 30.3 Å². The Morgan fingerprint density at radius 2 is 2.24 bits per heavy atom. The summed E-state index contributed by atoms with van der Waals surface area (Å²) in [5, 5.41) is 6.67. The summed E-state index contributed by atoms with van der Waals surface area (Å²) < 4.78 is 0. The molecule has 0 bridgehead atoms. The molecule has 0 saturated heterocycles. The highest BCUT2D eigenvalue weighted by atomic mass is 35.5. The minimum Gasteiger partial charge on any atom is -0.359 e. The van der Waals surface area contributed by atoms with Crippen LogP contribution in [-0.4, -0.2) is 24.0 Å². The number of thiocarbonyl (C=S) groups is 1. The third-order valence-electron chi connectivity index (χ3n) is 1.96. The second-order valence-electron chi connectivity index (χ2n) is 3.29. The lowest BCUT2D eigenvalue weighted by Gasteiger charge is -2.08. The highest BCUT2D eigenvalue weighted by molar-refractivity contribution is 7.80. The fraction of sp³-hybridized carbons (Fsp3) is 0.167. The first-order chi connectivity index (χ1) is 8.13. The second-order valence-corrected chi connectivity index (χ2v) is 4.13. The SMILES string of the molecule is C=CCNC(=S)NCC(=O)c1cccc(Cl)c1. The largest absolute Gasteiger partial charge is 0.359 e. The average Bonchev–Trinajstić information content (AvgIpc) is 2.33. The van der Waals surface area contributed by atoms with Crippen molar-refractivity contribution in [2.75, 3.05) is 13.1 Å². The van der Waals surface area contributed by atoms with Crippen LogP contribution in [0.5, 0.6) is 0 Å². The molecule has 1 aromatic rings. The molecular formula is C12H13ClN2OS. The Morgan fingerprint density at radius 1 is 1.47 bits per heavy atom. The number of hydrogen-bond acceptors (Lipinski definition) is 2. The maximum atomic E-state index is 11.7. The van der Waals surface area contributed by atoms with Gasteiger partial charge < -0.3 is 10.6 Å². The number of halogens is 1. The zero-order chi connectivity index (χ0) is 12.7. The quantitative estimate of drug-likeness (QED) is 0.488. The van der Waals surface area contributed by atoms with Crippen molar-refractivity contribution in [3.63, 3.8) is 0 Å². The molecule has 1 aromatic carbocycles. The van der Waals surface area contributed by atoms with Crippen LogP contribution in [-0.2, 0) is 0 Å². The van der Waals surface area contributed by atoms with Crippen LogP contribution >= 0.6 is 23.8 Å². The van der Waals surface area contributed by atoms with Gasteiger partial charge in [0.2, 0.25) is 0 Å². The molecule has 0 aliphatic rings. The van der Waals surface area contributed by atoms with Gasteiger partial charge in [0.25, 0.3) is 0 Å². The second kappa shape index (κ2) is 7.04. The van der Waals surface area contributed by atoms with Crippen molar-refractivity contribution in [3.8, 4) is 0 Å². The maximum Gasteiger partial charge on any atom is 0.181 e. The molecule has 0 heterocycles. The van der Waals surface area contributed by atoms with Crippen LogP contribution in [0.25, 0.3) is 0 Å². The number of hydrogen-bond donors (Lipinski definition) is 2. The normalized spacial score (nSPS) is 9.47. The van der Waals surface area contributed by atoms with Gasteiger partial charge in [-0.3, -0.25) is 4.79 Å². The van der Waals surface area contributed by atoms with Crippen LogP contribution in [0.3, 0.4) is 0 Å². The summed E-state index contributed by atoms with van der Waals surface area (Å²) in [6, 6.07) is 6.81. The molecule has 0 aliphatic carbocycles. The van der Waals surface area contributed by atoms with Crippen LogP contribution in [0.15, 0.2) is 36.9 Å². The van der Waals surface area contributed by atoms with Gasteiger partial charge in [-0.1, -0.05) is 29.8 Å². The first-order valence-electron chi connectivity index (χ1n) is 5.05. The van der Waals surface area contributed by atoms with Crippen LogP contribution in [0, 0.1) is 0 Å². The standard InChI is InChI=1S/C12H13ClN2OS/c1-2-6-14-12(17)15-8-11(16)9-4-3-5-10(13)7-9/h2-5,7H,1,6,8H2,(H2,14,15,17). The van der Waals surface area contributed by atoms with Crippen molar-refractivity contribution in [2.45, 2.75) is 0 Å². The fourth-order valence-corrected chi connectivity index (χ4v) is 1.50. The number of carbonyl (C=O) groups is 1. The molecule has 0 spiro atoms. The summed E-state index contributed by atoms with van der Waals surface area (Å²) in [5.74, 6) is -0.0600. The topological polar surface area (TPSA) is 41.1 Å². The van der Waals surface area contributed by atoms with E-state index in [2.05, 4.69) is 17.2 Å². The number of nitrogens with one attached hydrogen (secondary N) is 2. The van der Waals surface area contributed by atoms with Gasteiger partial charge in [-0.15, -0.1) is 6.58 Å². The van der Waals surface area contributed by atoms with E-state index >= 15 is 0 Å². The molecule has 2 N–H and O–H groups in total. The average molecular weight is 269 g/mol. The predicted molar refractivity (Wildman–Crippen MR) is 74.6 cm³/mol. The predicted octanol–water partition coefficient (Wildman–Crippen LogP) is 2.17. The van der Waals surface area contributed by atoms with E-state index in [0.717, 1.165) is 0 Å². The van der Waals surface area contributed by atoms with E-state index in [9.17, 15) is 4.79 Å². The van der Waals surface area contributed by atoms with Crippen molar-refractivity contribution >= 4 is 34.7 Å². The van der Waals surface area contributed by atoms with Gasteiger partial charge in [0, 0.05) is 17.1 Å². The van der Waals surface area contributed by atoms with E-state index in [1.165, 1.54) is 0 Å². The lowest BCUT2D eigenvalue weighted by Crippen LogP contribution is -2.38. The molecule has 0 radical (unpaired) electrons. The van der Waals surface area contributed by atoms with Crippen molar-refractivity contribution in [3.05, 3.63) is 47.5 Å². The maximum absolute atomic E-state index is 11.7. The van der Waals surface area contributed by atoms with Gasteiger partial charge in [-0.2, -0.15) is 0 Å². The molecule has 1 rings (SSSR count). The summed E-state index contributed by atoms with van der Waals surface area (Å²) in [6.45, 7) is 4.26. The van der Waals surface area contributed by atoms with Crippen LogP contribution in [0.1, 0.15) is 10.4 Å². The number of benzene rings is 1. The van der Waals surface area contributed by atoms with Gasteiger partial charge in [-0.25, -0.2) is 0 Å². The van der Waals surface area contributed by atoms with Crippen LogP contribution in [0.4, 0.5) is 0 Å². The number of rotatable bonds is 5. The van der Waals surface area contributed by atoms with E-state index in [4.69, 9.17) is 23.8 Å². The van der Waals surface area contributed by atoms with E-state index in [0.29, 0.717) is 22.2 Å². The molecule has 5 heteroatoms. The van der Waals surface area contributed by atoms with E-state index < -0.39 is 0 Å². The Hall–Kier alpha value is -1.39. The van der Waals surface area contributed by atoms with E-state index in [-0.39, 0.29) is 12.3 Å². The van der Waals surface area contributed by atoms with Crippen molar-refractivity contribution in [2.24, 2.45) is 0 Å². The number of Topliss-reactive ketones (excluding diaryl/α,β-unsaturated/α-hetero) is 1. The molecule has 0 aromatic heterocycles. The monoisotopic (exact) mass is 268 g/mol. The van der Waals surface area contributed by atoms with Crippen LogP contribution in [0.2, 0.25) is 5.02 Å². The van der Waals surface area contributed by atoms with Crippen molar-refractivity contribution in [1.29, 1.82) is 0 Å². The summed E-state index contributed by atoms with van der Waals surface area (Å²) in [6.07, 6.45) is 1.69. The molecule has 0 aliphatic heterocycles. The first kappa shape index (κ1) is 13.7. The smallest absolute Gasteiger partial charge is 0.181 e. The summed E-state index contributed by atoms with van der Waals surface area (Å²) in [4.78, 5) is 11.7. The Balaban J connectivity index is 2.45. The van der Waals surface area contributed by atoms with Gasteiger partial charge in [0.1, 0.15) is 0 Å². The van der Waals surface area contributed by atoms with Gasteiger partial charge in [0.05, 0.1) is 6.54 Å². The fourth-order valence-electron chi connectivity index (χ4n) is 1.15. The Kier molecular flexibility index (Phi) is 5.66. The van der Waals surface area contributed by atoms with Crippen molar-refractivity contribution < 1.29 is 4.79 Å². The Bertz CT molecular complexity index is 434. The molecule has 17 heavy (non-hydrogen) atoms. The lowest BCUT2D eigenvalue weighted by molar-refractivity contribution is 0.0996. The molecule has 0 atom stereocenters. The van der Waals surface area contributed by atoms with Gasteiger partial charge >= 0.3 is 0 Å². The summed E-state index contributed by atoms with van der Waals surface area (Å²) >= 11 is 10.8. The summed E-state index contributed by atoms with van der Waals surface area (Å²) in [5.41, 5.74) is 0.566. The number of ketones is 1. The summed E-state index contributed by atoms with van der Waals surface area (Å²) in [7, 11) is 0. The zero-order valence-corrected chi connectivity index (χ0v) is 10.8. The van der Waals surface area contributed by atoms with Crippen molar-refractivity contribution in [1.82, 2.24) is 10.6 Å². The molecule has 0 saturated carbocycles. The highest BCUT2D eigenvalue weighted by Crippen LogP contribution is 2.10. The molecule has 0 fully saturated rings. The minimum absolute atomic E-state index is 0.0600. The molecule has 90 valence electrons. The van der Waals surface area contributed by atoms with Crippen LogP contribution < -0.4 is 10.6 Å². The lowest BCUT2D eigenvalue weighted by atomic mass is 10.1. The molecular weight excluding hydrogens is 256 g/mol. The first-order valence-corrected chi connectivity index (χ1v) is 5.83. The molecule has 3 nitrogen and oxygen atoms in total. The number of carbonyl (C=O) groups excluding carboxylic acids is 1. The zero-order valence-electron chi connectivity index (χ0n) is 9.20. The Morgan fingerprint density at radius 3 is 2.88 bits per heavy atom. The Labute approximate surface area is 111 Å². The van der Waals surface area contributed by atoms with Gasteiger partial charge in [-0.05, 0) is 24.4 Å². The highest BCUT2D eigenvalue weighted by Gasteiger charge is 2.06. The third kappa shape index (κ3) is 4.97. The third-order valence-corrected chi connectivity index (χ3v) is 2.49.